The monoisotopic (exact) mass is 326 g/mol. The predicted octanol–water partition coefficient (Wildman–Crippen LogP) is 2.56. The summed E-state index contributed by atoms with van der Waals surface area (Å²) in [6.45, 7) is -0.508. The molecule has 124 valence electrons. The molecule has 1 saturated heterocycles. The lowest BCUT2D eigenvalue weighted by atomic mass is 9.92. The van der Waals surface area contributed by atoms with E-state index in [9.17, 15) is 23.1 Å². The second kappa shape index (κ2) is 5.56. The van der Waals surface area contributed by atoms with Gasteiger partial charge in [0.25, 0.3) is 0 Å². The van der Waals surface area contributed by atoms with Crippen LogP contribution in [0.1, 0.15) is 12.8 Å². The number of rotatable bonds is 2. The van der Waals surface area contributed by atoms with Gasteiger partial charge in [-0.2, -0.15) is 13.2 Å². The van der Waals surface area contributed by atoms with Crippen LogP contribution in [0.5, 0.6) is 0 Å². The molecule has 1 aromatic heterocycles. The lowest BCUT2D eigenvalue weighted by Gasteiger charge is -2.40. The van der Waals surface area contributed by atoms with Gasteiger partial charge in [-0.25, -0.2) is 0 Å². The summed E-state index contributed by atoms with van der Waals surface area (Å²) in [4.78, 5) is 13.5. The third-order valence-corrected chi connectivity index (χ3v) is 4.34. The van der Waals surface area contributed by atoms with Crippen LogP contribution >= 0.6 is 0 Å². The van der Waals surface area contributed by atoms with Crippen molar-refractivity contribution >= 4 is 16.8 Å². The number of aliphatic hydroxyl groups is 1. The first-order valence-electron chi connectivity index (χ1n) is 7.41. The standard InChI is InChI=1S/C16H17F3N2O2/c17-16(18,19)15(23)7-3-8-21(11-15)14(22)10-20-9-6-12-4-1-2-5-13(12)20/h1-2,4-6,9,23H,3,7-8,10-11H2. The van der Waals surface area contributed by atoms with Crippen LogP contribution in [-0.2, 0) is 11.3 Å². The van der Waals surface area contributed by atoms with Crippen molar-refractivity contribution in [2.75, 3.05) is 13.1 Å². The first kappa shape index (κ1) is 15.9. The second-order valence-electron chi connectivity index (χ2n) is 5.95. The van der Waals surface area contributed by atoms with E-state index in [1.54, 1.807) is 10.8 Å². The van der Waals surface area contributed by atoms with Crippen molar-refractivity contribution in [2.24, 2.45) is 0 Å². The average Bonchev–Trinajstić information content (AvgIpc) is 2.89. The molecule has 1 aliphatic heterocycles. The number of hydrogen-bond donors (Lipinski definition) is 1. The van der Waals surface area contributed by atoms with Gasteiger partial charge < -0.3 is 14.6 Å². The Balaban J connectivity index is 1.76. The van der Waals surface area contributed by atoms with Crippen molar-refractivity contribution in [3.05, 3.63) is 36.5 Å². The van der Waals surface area contributed by atoms with E-state index in [-0.39, 0.29) is 25.9 Å². The fourth-order valence-electron chi connectivity index (χ4n) is 3.00. The molecule has 4 nitrogen and oxygen atoms in total. The molecule has 1 aliphatic rings. The number of para-hydroxylation sites is 1. The van der Waals surface area contributed by atoms with Gasteiger partial charge in [0.05, 0.1) is 6.54 Å². The average molecular weight is 326 g/mol. The molecule has 0 spiro atoms. The Morgan fingerprint density at radius 2 is 2.00 bits per heavy atom. The van der Waals surface area contributed by atoms with Crippen LogP contribution in [-0.4, -0.2) is 45.3 Å². The molecule has 7 heteroatoms. The fraction of sp³-hybridized carbons (Fsp3) is 0.438. The third kappa shape index (κ3) is 2.93. The molecule has 1 aromatic carbocycles. The SMILES string of the molecule is O=C(Cn1ccc2ccccc21)N1CCCC(O)(C(F)(F)F)C1. The highest BCUT2D eigenvalue weighted by molar-refractivity contribution is 5.83. The molecule has 0 bridgehead atoms. The number of halogens is 3. The summed E-state index contributed by atoms with van der Waals surface area (Å²) in [5.41, 5.74) is -1.96. The van der Waals surface area contributed by atoms with E-state index in [2.05, 4.69) is 0 Å². The summed E-state index contributed by atoms with van der Waals surface area (Å²) in [5, 5.41) is 10.8. The number of fused-ring (bicyclic) bond motifs is 1. The summed E-state index contributed by atoms with van der Waals surface area (Å²) >= 11 is 0. The Kier molecular flexibility index (Phi) is 3.83. The van der Waals surface area contributed by atoms with Crippen molar-refractivity contribution in [3.8, 4) is 0 Å². The lowest BCUT2D eigenvalue weighted by Crippen LogP contribution is -2.58. The number of carbonyl (C=O) groups excluding carboxylic acids is 1. The van der Waals surface area contributed by atoms with Gasteiger partial charge >= 0.3 is 6.18 Å². The minimum atomic E-state index is -4.73. The third-order valence-electron chi connectivity index (χ3n) is 4.34. The zero-order chi connectivity index (χ0) is 16.7. The van der Waals surface area contributed by atoms with Gasteiger partial charge in [0.2, 0.25) is 5.91 Å². The maximum absolute atomic E-state index is 13.0. The zero-order valence-corrected chi connectivity index (χ0v) is 12.4. The van der Waals surface area contributed by atoms with Crippen molar-refractivity contribution in [3.63, 3.8) is 0 Å². The Morgan fingerprint density at radius 3 is 2.74 bits per heavy atom. The number of alkyl halides is 3. The minimum absolute atomic E-state index is 0.0402. The van der Waals surface area contributed by atoms with Crippen LogP contribution < -0.4 is 0 Å². The fourth-order valence-corrected chi connectivity index (χ4v) is 3.00. The number of β-amino-alcohol motifs (C(OH)–C–C–N with tert-alkyl or cyclic N) is 1. The Labute approximate surface area is 131 Å². The van der Waals surface area contributed by atoms with Crippen molar-refractivity contribution in [2.45, 2.75) is 31.2 Å². The number of hydrogen-bond acceptors (Lipinski definition) is 2. The molecule has 1 fully saturated rings. The summed E-state index contributed by atoms with van der Waals surface area (Å²) < 4.78 is 40.6. The van der Waals surface area contributed by atoms with Crippen molar-refractivity contribution < 1.29 is 23.1 Å². The van der Waals surface area contributed by atoms with Gasteiger partial charge in [0, 0.05) is 18.3 Å². The first-order chi connectivity index (χ1) is 10.8. The van der Waals surface area contributed by atoms with Gasteiger partial charge in [0.15, 0.2) is 5.60 Å². The molecule has 1 atom stereocenters. The molecule has 1 amide bonds. The summed E-state index contributed by atoms with van der Waals surface area (Å²) in [6, 6.07) is 9.32. The Morgan fingerprint density at radius 1 is 1.26 bits per heavy atom. The normalized spacial score (nSPS) is 22.5. The largest absolute Gasteiger partial charge is 0.418 e. The Bertz CT molecular complexity index is 725. The van der Waals surface area contributed by atoms with Crippen LogP contribution in [0.2, 0.25) is 0 Å². The van der Waals surface area contributed by atoms with Gasteiger partial charge in [-0.1, -0.05) is 18.2 Å². The van der Waals surface area contributed by atoms with E-state index in [0.29, 0.717) is 0 Å². The number of carbonyl (C=O) groups is 1. The van der Waals surface area contributed by atoms with E-state index in [0.717, 1.165) is 15.8 Å². The Hall–Kier alpha value is -2.02. The highest BCUT2D eigenvalue weighted by atomic mass is 19.4. The molecule has 1 unspecified atom stereocenters. The number of likely N-dealkylation sites (tertiary alicyclic amines) is 1. The zero-order valence-electron chi connectivity index (χ0n) is 12.4. The molecule has 2 heterocycles. The van der Waals surface area contributed by atoms with E-state index in [4.69, 9.17) is 0 Å². The van der Waals surface area contributed by atoms with Crippen LogP contribution in [0.25, 0.3) is 10.9 Å². The molecule has 23 heavy (non-hydrogen) atoms. The van der Waals surface area contributed by atoms with Crippen LogP contribution in [0.15, 0.2) is 36.5 Å². The smallest absolute Gasteiger partial charge is 0.379 e. The lowest BCUT2D eigenvalue weighted by molar-refractivity contribution is -0.272. The van der Waals surface area contributed by atoms with Crippen molar-refractivity contribution in [1.82, 2.24) is 9.47 Å². The molecule has 0 aliphatic carbocycles. The molecule has 0 radical (unpaired) electrons. The van der Waals surface area contributed by atoms with Gasteiger partial charge in [0.1, 0.15) is 6.54 Å². The van der Waals surface area contributed by atoms with Crippen LogP contribution in [0.4, 0.5) is 13.2 Å². The number of amides is 1. The predicted molar refractivity (Wildman–Crippen MR) is 78.8 cm³/mol. The number of nitrogens with zero attached hydrogens (tertiary/aromatic N) is 2. The summed E-state index contributed by atoms with van der Waals surface area (Å²) in [5.74, 6) is -0.422. The van der Waals surface area contributed by atoms with Gasteiger partial charge in [-0.05, 0) is 30.4 Å². The molecular weight excluding hydrogens is 309 g/mol. The summed E-state index contributed by atoms with van der Waals surface area (Å²) in [6.07, 6.45) is -3.23. The van der Waals surface area contributed by atoms with Crippen LogP contribution in [0, 0.1) is 0 Å². The molecular formula is C16H17F3N2O2. The first-order valence-corrected chi connectivity index (χ1v) is 7.41. The molecule has 2 aromatic rings. The number of aromatic nitrogens is 1. The van der Waals surface area contributed by atoms with E-state index in [1.165, 1.54) is 0 Å². The minimum Gasteiger partial charge on any atom is -0.379 e. The molecule has 0 saturated carbocycles. The van der Waals surface area contributed by atoms with E-state index in [1.807, 2.05) is 30.3 Å². The quantitative estimate of drug-likeness (QED) is 0.922. The van der Waals surface area contributed by atoms with Gasteiger partial charge in [-0.15, -0.1) is 0 Å². The maximum atomic E-state index is 13.0. The van der Waals surface area contributed by atoms with Gasteiger partial charge in [-0.3, -0.25) is 4.79 Å². The second-order valence-corrected chi connectivity index (χ2v) is 5.95. The topological polar surface area (TPSA) is 45.5 Å². The van der Waals surface area contributed by atoms with Crippen molar-refractivity contribution in [1.29, 1.82) is 0 Å². The number of piperidine rings is 1. The number of benzene rings is 1. The highest BCUT2D eigenvalue weighted by Gasteiger charge is 2.55. The maximum Gasteiger partial charge on any atom is 0.418 e. The summed E-state index contributed by atoms with van der Waals surface area (Å²) in [7, 11) is 0. The highest BCUT2D eigenvalue weighted by Crippen LogP contribution is 2.37. The van der Waals surface area contributed by atoms with E-state index < -0.39 is 24.2 Å². The van der Waals surface area contributed by atoms with Crippen LogP contribution in [0.3, 0.4) is 0 Å². The molecule has 3 rings (SSSR count). The molecule has 1 N–H and O–H groups in total. The van der Waals surface area contributed by atoms with E-state index >= 15 is 0 Å².